The topological polar surface area (TPSA) is 95.6 Å². The number of ether oxygens (including phenoxy) is 4. The molecule has 9 nitrogen and oxygen atoms in total. The van der Waals surface area contributed by atoms with Gasteiger partial charge in [0, 0.05) is 29.0 Å². The number of furan rings is 1. The van der Waals surface area contributed by atoms with Gasteiger partial charge in [0.2, 0.25) is 0 Å². The Bertz CT molecular complexity index is 1500. The van der Waals surface area contributed by atoms with Crippen LogP contribution in [-0.4, -0.2) is 50.1 Å². The average Bonchev–Trinajstić information content (AvgIpc) is 3.62. The van der Waals surface area contributed by atoms with Crippen molar-refractivity contribution in [1.29, 1.82) is 0 Å². The second-order valence-electron chi connectivity index (χ2n) is 8.23. The fourth-order valence-electron chi connectivity index (χ4n) is 4.37. The number of pyridine rings is 1. The van der Waals surface area contributed by atoms with Gasteiger partial charge in [0.05, 0.1) is 46.5 Å². The zero-order valence-corrected chi connectivity index (χ0v) is 21.4. The summed E-state index contributed by atoms with van der Waals surface area (Å²) >= 11 is 6.71. The van der Waals surface area contributed by atoms with Crippen LogP contribution in [0.4, 0.5) is 0 Å². The highest BCUT2D eigenvalue weighted by Crippen LogP contribution is 2.41. The van der Waals surface area contributed by atoms with Crippen molar-refractivity contribution < 1.29 is 28.2 Å². The van der Waals surface area contributed by atoms with Crippen LogP contribution in [-0.2, 0) is 0 Å². The Morgan fingerprint density at radius 3 is 2.43 bits per heavy atom. The molecular formula is C27H24ClN3O6. The van der Waals surface area contributed by atoms with Gasteiger partial charge in [0.25, 0.3) is 0 Å². The first-order valence-corrected chi connectivity index (χ1v) is 11.7. The van der Waals surface area contributed by atoms with Crippen LogP contribution in [0.5, 0.6) is 23.0 Å². The molecule has 1 atom stereocenters. The molecule has 2 aromatic carbocycles. The van der Waals surface area contributed by atoms with Crippen molar-refractivity contribution in [2.45, 2.75) is 12.5 Å². The van der Waals surface area contributed by atoms with Gasteiger partial charge in [-0.3, -0.25) is 4.79 Å². The monoisotopic (exact) mass is 521 g/mol. The van der Waals surface area contributed by atoms with Crippen molar-refractivity contribution >= 4 is 34.1 Å². The molecule has 0 spiro atoms. The molecule has 0 unspecified atom stereocenters. The van der Waals surface area contributed by atoms with Gasteiger partial charge < -0.3 is 23.4 Å². The highest BCUT2D eigenvalue weighted by molar-refractivity contribution is 6.30. The predicted octanol–water partition coefficient (Wildman–Crippen LogP) is 5.51. The summed E-state index contributed by atoms with van der Waals surface area (Å²) in [4.78, 5) is 18.1. The standard InChI is InChI=1S/C27H24ClN3O6/c1-33-17-10-16-11-18(26(28)29-25(16)24(13-17)36-4)20-14-19(15-7-8-21(34-2)23(12-15)35-3)30-31(20)27(32)22-6-5-9-37-22/h5-13,20H,14H2,1-4H3/t20-/m0/s1. The number of rotatable bonds is 7. The molecule has 1 aliphatic rings. The third-order valence-corrected chi connectivity index (χ3v) is 6.52. The number of fused-ring (bicyclic) bond motifs is 1. The zero-order valence-electron chi connectivity index (χ0n) is 20.6. The number of methoxy groups -OCH3 is 4. The number of carbonyl (C=O) groups is 1. The van der Waals surface area contributed by atoms with E-state index >= 15 is 0 Å². The molecule has 0 bridgehead atoms. The van der Waals surface area contributed by atoms with Gasteiger partial charge in [-0.2, -0.15) is 5.10 Å². The van der Waals surface area contributed by atoms with Gasteiger partial charge in [0.15, 0.2) is 17.3 Å². The van der Waals surface area contributed by atoms with Gasteiger partial charge in [0.1, 0.15) is 22.2 Å². The lowest BCUT2D eigenvalue weighted by Crippen LogP contribution is -2.27. The van der Waals surface area contributed by atoms with E-state index in [1.165, 1.54) is 11.3 Å². The van der Waals surface area contributed by atoms with Crippen molar-refractivity contribution in [3.05, 3.63) is 76.8 Å². The van der Waals surface area contributed by atoms with Crippen LogP contribution < -0.4 is 18.9 Å². The molecule has 0 aliphatic carbocycles. The molecular weight excluding hydrogens is 498 g/mol. The van der Waals surface area contributed by atoms with Gasteiger partial charge in [-0.15, -0.1) is 0 Å². The van der Waals surface area contributed by atoms with Crippen molar-refractivity contribution in [2.75, 3.05) is 28.4 Å². The highest BCUT2D eigenvalue weighted by Gasteiger charge is 2.36. The Hall–Kier alpha value is -4.24. The molecule has 10 heteroatoms. The average molecular weight is 522 g/mol. The van der Waals surface area contributed by atoms with Gasteiger partial charge in [-0.05, 0) is 42.5 Å². The molecule has 4 aromatic rings. The molecule has 0 fully saturated rings. The van der Waals surface area contributed by atoms with E-state index in [1.54, 1.807) is 52.7 Å². The first kappa shape index (κ1) is 24.5. The van der Waals surface area contributed by atoms with Crippen LogP contribution >= 0.6 is 11.6 Å². The van der Waals surface area contributed by atoms with E-state index in [1.807, 2.05) is 24.3 Å². The van der Waals surface area contributed by atoms with Gasteiger partial charge in [-0.1, -0.05) is 11.6 Å². The SMILES string of the molecule is COc1cc(OC)c2nc(Cl)c([C@@H]3CC(c4ccc(OC)c(OC)c4)=NN3C(=O)c3ccco3)cc2c1. The number of carbonyl (C=O) groups excluding carboxylic acids is 1. The van der Waals surface area contributed by atoms with Crippen LogP contribution in [0.15, 0.2) is 64.3 Å². The molecule has 3 heterocycles. The maximum Gasteiger partial charge on any atom is 0.310 e. The zero-order chi connectivity index (χ0) is 26.1. The lowest BCUT2D eigenvalue weighted by Gasteiger charge is -2.22. The Morgan fingerprint density at radius 1 is 0.973 bits per heavy atom. The number of halogens is 1. The van der Waals surface area contributed by atoms with Gasteiger partial charge >= 0.3 is 5.91 Å². The second kappa shape index (κ2) is 10.0. The van der Waals surface area contributed by atoms with E-state index in [4.69, 9.17) is 40.1 Å². The van der Waals surface area contributed by atoms with Crippen LogP contribution in [0.1, 0.15) is 34.1 Å². The quantitative estimate of drug-likeness (QED) is 0.296. The molecule has 37 heavy (non-hydrogen) atoms. The summed E-state index contributed by atoms with van der Waals surface area (Å²) < 4.78 is 27.1. The molecule has 1 amide bonds. The van der Waals surface area contributed by atoms with E-state index in [2.05, 4.69) is 4.98 Å². The predicted molar refractivity (Wildman–Crippen MR) is 138 cm³/mol. The number of nitrogens with zero attached hydrogens (tertiary/aromatic N) is 3. The second-order valence-corrected chi connectivity index (χ2v) is 8.59. The van der Waals surface area contributed by atoms with E-state index in [-0.39, 0.29) is 10.9 Å². The van der Waals surface area contributed by atoms with E-state index in [9.17, 15) is 4.79 Å². The largest absolute Gasteiger partial charge is 0.497 e. The Balaban J connectivity index is 1.62. The molecule has 1 aliphatic heterocycles. The summed E-state index contributed by atoms with van der Waals surface area (Å²) in [6, 6.07) is 13.7. The minimum absolute atomic E-state index is 0.163. The molecule has 0 saturated carbocycles. The third-order valence-electron chi connectivity index (χ3n) is 6.22. The van der Waals surface area contributed by atoms with E-state index < -0.39 is 11.9 Å². The van der Waals surface area contributed by atoms with Crippen molar-refractivity contribution in [1.82, 2.24) is 9.99 Å². The first-order valence-electron chi connectivity index (χ1n) is 11.4. The number of hydrazone groups is 1. The molecule has 0 saturated heterocycles. The van der Waals surface area contributed by atoms with Crippen LogP contribution in [0.2, 0.25) is 5.15 Å². The summed E-state index contributed by atoms with van der Waals surface area (Å²) in [6.07, 6.45) is 1.83. The Labute approximate surface area is 218 Å². The summed E-state index contributed by atoms with van der Waals surface area (Å²) in [5, 5.41) is 7.07. The van der Waals surface area contributed by atoms with Crippen molar-refractivity contribution in [2.24, 2.45) is 5.10 Å². The number of hydrogen-bond donors (Lipinski definition) is 0. The molecule has 2 aromatic heterocycles. The lowest BCUT2D eigenvalue weighted by atomic mass is 9.98. The summed E-state index contributed by atoms with van der Waals surface area (Å²) in [6.45, 7) is 0. The molecule has 5 rings (SSSR count). The van der Waals surface area contributed by atoms with E-state index in [0.29, 0.717) is 46.2 Å². The van der Waals surface area contributed by atoms with E-state index in [0.717, 1.165) is 10.9 Å². The van der Waals surface area contributed by atoms with Crippen molar-refractivity contribution in [3.63, 3.8) is 0 Å². The summed E-state index contributed by atoms with van der Waals surface area (Å²) in [5.41, 5.74) is 2.67. The molecule has 0 radical (unpaired) electrons. The maximum absolute atomic E-state index is 13.4. The Kier molecular flexibility index (Phi) is 6.62. The fraction of sp³-hybridized carbons (Fsp3) is 0.222. The minimum atomic E-state index is -0.540. The fourth-order valence-corrected chi connectivity index (χ4v) is 4.64. The smallest absolute Gasteiger partial charge is 0.310 e. The number of benzene rings is 2. The van der Waals surface area contributed by atoms with Crippen LogP contribution in [0, 0.1) is 0 Å². The lowest BCUT2D eigenvalue weighted by molar-refractivity contribution is 0.0678. The minimum Gasteiger partial charge on any atom is -0.497 e. The summed E-state index contributed by atoms with van der Waals surface area (Å²) in [7, 11) is 6.27. The Morgan fingerprint density at radius 2 is 1.76 bits per heavy atom. The maximum atomic E-state index is 13.4. The number of amides is 1. The molecule has 190 valence electrons. The first-order chi connectivity index (χ1) is 18.0. The molecule has 0 N–H and O–H groups in total. The number of hydrogen-bond acceptors (Lipinski definition) is 8. The highest BCUT2D eigenvalue weighted by atomic mass is 35.5. The summed E-state index contributed by atoms with van der Waals surface area (Å²) in [5.74, 6) is 2.05. The normalized spacial score (nSPS) is 15.0. The van der Waals surface area contributed by atoms with Crippen LogP contribution in [0.25, 0.3) is 10.9 Å². The van der Waals surface area contributed by atoms with Crippen molar-refractivity contribution in [3.8, 4) is 23.0 Å². The number of aromatic nitrogens is 1. The van der Waals surface area contributed by atoms with Crippen LogP contribution in [0.3, 0.4) is 0 Å². The third kappa shape index (κ3) is 4.42. The van der Waals surface area contributed by atoms with Gasteiger partial charge in [-0.25, -0.2) is 9.99 Å².